The molecule has 4 N–H and O–H groups in total. The van der Waals surface area contributed by atoms with Gasteiger partial charge >= 0.3 is 12.0 Å². The molecule has 1 aromatic heterocycles. The Morgan fingerprint density at radius 2 is 2.12 bits per heavy atom. The molecular formula is C20H22N6O4S2. The van der Waals surface area contributed by atoms with Gasteiger partial charge in [-0.25, -0.2) is 14.6 Å². The van der Waals surface area contributed by atoms with E-state index in [1.54, 1.807) is 6.92 Å². The first-order chi connectivity index (χ1) is 15.4. The number of amides is 3. The fourth-order valence-corrected chi connectivity index (χ4v) is 5.82. The number of rotatable bonds is 8. The highest BCUT2D eigenvalue weighted by atomic mass is 32.2. The third kappa shape index (κ3) is 4.75. The van der Waals surface area contributed by atoms with Gasteiger partial charge < -0.3 is 15.7 Å². The van der Waals surface area contributed by atoms with E-state index in [1.807, 2.05) is 30.3 Å². The molecule has 2 aliphatic rings. The fraction of sp³-hybridized carbons (Fsp3) is 0.350. The molecule has 2 aliphatic heterocycles. The lowest BCUT2D eigenvalue weighted by Gasteiger charge is -2.49. The number of β-lactam (4-membered cyclic amide) rings is 1. The van der Waals surface area contributed by atoms with Crippen molar-refractivity contribution in [2.24, 2.45) is 0 Å². The smallest absolute Gasteiger partial charge is 0.352 e. The quantitative estimate of drug-likeness (QED) is 0.332. The minimum Gasteiger partial charge on any atom is -0.477 e. The van der Waals surface area contributed by atoms with E-state index in [4.69, 9.17) is 0 Å². The molecule has 2 atom stereocenters. The number of aromatic nitrogens is 3. The zero-order chi connectivity index (χ0) is 22.7. The number of H-pyrrole nitrogens is 1. The molecule has 3 amide bonds. The van der Waals surface area contributed by atoms with E-state index in [9.17, 15) is 19.5 Å². The zero-order valence-electron chi connectivity index (χ0n) is 17.2. The second-order valence-electron chi connectivity index (χ2n) is 7.27. The second-order valence-corrected chi connectivity index (χ2v) is 9.32. The number of carbonyl (C=O) groups is 3. The Hall–Kier alpha value is -2.99. The normalized spacial score (nSPS) is 19.9. The van der Waals surface area contributed by atoms with Crippen molar-refractivity contribution in [3.63, 3.8) is 0 Å². The van der Waals surface area contributed by atoms with E-state index in [0.717, 1.165) is 5.56 Å². The molecule has 1 saturated heterocycles. The van der Waals surface area contributed by atoms with Gasteiger partial charge in [-0.15, -0.1) is 16.9 Å². The van der Waals surface area contributed by atoms with E-state index in [1.165, 1.54) is 28.4 Å². The number of hydrogen-bond donors (Lipinski definition) is 4. The van der Waals surface area contributed by atoms with Crippen molar-refractivity contribution in [2.75, 3.05) is 18.1 Å². The summed E-state index contributed by atoms with van der Waals surface area (Å²) in [5.41, 5.74) is 1.72. The number of aryl methyl sites for hydroxylation is 1. The average molecular weight is 475 g/mol. The van der Waals surface area contributed by atoms with E-state index >= 15 is 0 Å². The number of aromatic amines is 1. The number of urea groups is 1. The molecule has 168 valence electrons. The molecule has 0 spiro atoms. The van der Waals surface area contributed by atoms with Crippen LogP contribution in [0, 0.1) is 6.92 Å². The van der Waals surface area contributed by atoms with E-state index < -0.39 is 29.3 Å². The number of thioether (sulfide) groups is 2. The van der Waals surface area contributed by atoms with Crippen molar-refractivity contribution in [1.82, 2.24) is 30.7 Å². The first-order valence-corrected chi connectivity index (χ1v) is 12.0. The number of nitrogens with one attached hydrogen (secondary N) is 3. The van der Waals surface area contributed by atoms with Crippen molar-refractivity contribution in [3.05, 3.63) is 53.0 Å². The van der Waals surface area contributed by atoms with E-state index in [2.05, 4.69) is 25.8 Å². The molecule has 10 nitrogen and oxygen atoms in total. The van der Waals surface area contributed by atoms with Gasteiger partial charge in [0.05, 0.1) is 0 Å². The van der Waals surface area contributed by atoms with Gasteiger partial charge in [-0.3, -0.25) is 14.8 Å². The molecule has 0 saturated carbocycles. The number of aliphatic carboxylic acids is 1. The van der Waals surface area contributed by atoms with Crippen molar-refractivity contribution in [1.29, 1.82) is 0 Å². The Bertz CT molecular complexity index is 1060. The summed E-state index contributed by atoms with van der Waals surface area (Å²) >= 11 is 2.75. The summed E-state index contributed by atoms with van der Waals surface area (Å²) < 4.78 is 0. The summed E-state index contributed by atoms with van der Waals surface area (Å²) in [6.07, 6.45) is 0.675. The van der Waals surface area contributed by atoms with Crippen LogP contribution >= 0.6 is 23.5 Å². The SMILES string of the molecule is Cc1nc(SCC2=C(C(=O)O)N3C(=O)C(NC(=O)NCCc4ccccc4)[C@H]3SC2)n[nH]1. The van der Waals surface area contributed by atoms with Gasteiger partial charge in [0, 0.05) is 18.1 Å². The number of hydrogen-bond acceptors (Lipinski definition) is 7. The van der Waals surface area contributed by atoms with Crippen LogP contribution in [0.25, 0.3) is 0 Å². The minimum atomic E-state index is -1.16. The third-order valence-corrected chi connectivity index (χ3v) is 7.30. The predicted octanol–water partition coefficient (Wildman–Crippen LogP) is 1.37. The Labute approximate surface area is 192 Å². The van der Waals surface area contributed by atoms with Gasteiger partial charge in [0.1, 0.15) is 22.9 Å². The zero-order valence-corrected chi connectivity index (χ0v) is 18.8. The van der Waals surface area contributed by atoms with Crippen LogP contribution in [0.1, 0.15) is 11.4 Å². The Morgan fingerprint density at radius 3 is 2.81 bits per heavy atom. The molecule has 4 rings (SSSR count). The van der Waals surface area contributed by atoms with Crippen LogP contribution in [0.3, 0.4) is 0 Å². The van der Waals surface area contributed by atoms with Gasteiger partial charge in [0.15, 0.2) is 0 Å². The lowest BCUT2D eigenvalue weighted by Crippen LogP contribution is -2.71. The maximum absolute atomic E-state index is 12.7. The van der Waals surface area contributed by atoms with Gasteiger partial charge in [-0.1, -0.05) is 42.1 Å². The second kappa shape index (κ2) is 9.65. The number of benzene rings is 1. The van der Waals surface area contributed by atoms with Crippen molar-refractivity contribution >= 4 is 41.4 Å². The standard InChI is InChI=1S/C20H22N6O4S2/c1-11-22-20(25-24-11)32-10-13-9-31-17-14(16(27)26(17)15(13)18(28)29)23-19(30)21-8-7-12-5-3-2-4-6-12/h2-6,14,17H,7-10H2,1H3,(H,28,29)(H2,21,23,30)(H,22,24,25)/t14?,17-/m1/s1. The maximum atomic E-state index is 12.7. The molecule has 12 heteroatoms. The Morgan fingerprint density at radius 1 is 1.34 bits per heavy atom. The first kappa shape index (κ1) is 22.2. The van der Waals surface area contributed by atoms with Crippen molar-refractivity contribution < 1.29 is 19.5 Å². The summed E-state index contributed by atoms with van der Waals surface area (Å²) in [5, 5.41) is 22.0. The Balaban J connectivity index is 1.34. The first-order valence-electron chi connectivity index (χ1n) is 9.94. The number of fused-ring (bicyclic) bond motifs is 1. The number of nitrogens with zero attached hydrogens (tertiary/aromatic N) is 3. The number of carbonyl (C=O) groups excluding carboxylic acids is 2. The van der Waals surface area contributed by atoms with E-state index in [0.29, 0.717) is 41.0 Å². The summed E-state index contributed by atoms with van der Waals surface area (Å²) in [4.78, 5) is 42.3. The summed E-state index contributed by atoms with van der Waals surface area (Å²) in [6.45, 7) is 2.21. The number of carboxylic acid groups (broad SMARTS) is 1. The van der Waals surface area contributed by atoms with Crippen molar-refractivity contribution in [3.8, 4) is 0 Å². The molecular weight excluding hydrogens is 452 g/mol. The van der Waals surface area contributed by atoms with Gasteiger partial charge in [0.2, 0.25) is 5.16 Å². The monoisotopic (exact) mass is 474 g/mol. The summed E-state index contributed by atoms with van der Waals surface area (Å²) in [7, 11) is 0. The molecule has 2 aromatic rings. The highest BCUT2D eigenvalue weighted by Gasteiger charge is 2.54. The van der Waals surface area contributed by atoms with Gasteiger partial charge in [0.25, 0.3) is 5.91 Å². The van der Waals surface area contributed by atoms with Gasteiger partial charge in [-0.2, -0.15) is 0 Å². The lowest BCUT2D eigenvalue weighted by atomic mass is 10.0. The maximum Gasteiger partial charge on any atom is 0.352 e. The highest BCUT2D eigenvalue weighted by Crippen LogP contribution is 2.41. The van der Waals surface area contributed by atoms with Crippen LogP contribution in [0.5, 0.6) is 0 Å². The summed E-state index contributed by atoms with van der Waals surface area (Å²) in [5.74, 6) is -0.0991. The third-order valence-electron chi connectivity index (χ3n) is 5.03. The van der Waals surface area contributed by atoms with Crippen LogP contribution < -0.4 is 10.6 Å². The topological polar surface area (TPSA) is 140 Å². The van der Waals surface area contributed by atoms with Gasteiger partial charge in [-0.05, 0) is 24.5 Å². The highest BCUT2D eigenvalue weighted by molar-refractivity contribution is 8.01. The molecule has 1 fully saturated rings. The van der Waals surface area contributed by atoms with Crippen LogP contribution in [-0.4, -0.2) is 72.6 Å². The lowest BCUT2D eigenvalue weighted by molar-refractivity contribution is -0.148. The molecule has 0 radical (unpaired) electrons. The van der Waals surface area contributed by atoms with Crippen LogP contribution in [0.15, 0.2) is 46.8 Å². The molecule has 0 aliphatic carbocycles. The Kier molecular flexibility index (Phi) is 6.70. The predicted molar refractivity (Wildman–Crippen MR) is 120 cm³/mol. The largest absolute Gasteiger partial charge is 0.477 e. The fourth-order valence-electron chi connectivity index (χ4n) is 3.49. The van der Waals surface area contributed by atoms with E-state index in [-0.39, 0.29) is 5.70 Å². The average Bonchev–Trinajstić information content (AvgIpc) is 3.21. The van der Waals surface area contributed by atoms with Crippen LogP contribution in [0.4, 0.5) is 4.79 Å². The minimum absolute atomic E-state index is 0.0129. The molecule has 3 heterocycles. The summed E-state index contributed by atoms with van der Waals surface area (Å²) in [6, 6.07) is 8.55. The molecule has 32 heavy (non-hydrogen) atoms. The van der Waals surface area contributed by atoms with Crippen LogP contribution in [0.2, 0.25) is 0 Å². The molecule has 1 aromatic carbocycles. The molecule has 1 unspecified atom stereocenters. The molecule has 0 bridgehead atoms. The van der Waals surface area contributed by atoms with Crippen molar-refractivity contribution in [2.45, 2.75) is 29.9 Å². The van der Waals surface area contributed by atoms with Crippen LogP contribution in [-0.2, 0) is 16.0 Å². The number of carboxylic acids is 1.